The maximum atomic E-state index is 12.2. The Morgan fingerprint density at radius 1 is 0.903 bits per heavy atom. The molecular formula is C26H36O4S. The molecule has 0 heterocycles. The lowest BCUT2D eigenvalue weighted by Gasteiger charge is -2.34. The summed E-state index contributed by atoms with van der Waals surface area (Å²) in [6, 6.07) is 12.4. The molecule has 0 fully saturated rings. The number of Topliss-reactive ketones (excluding diaryl/α,β-unsaturated/α-hetero) is 1. The molecule has 0 aromatic heterocycles. The van der Waals surface area contributed by atoms with Crippen LogP contribution in [0.1, 0.15) is 69.7 Å². The van der Waals surface area contributed by atoms with Crippen LogP contribution in [0.25, 0.3) is 0 Å². The van der Waals surface area contributed by atoms with E-state index in [-0.39, 0.29) is 17.8 Å². The molecule has 0 radical (unpaired) electrons. The number of ketones is 1. The molecule has 31 heavy (non-hydrogen) atoms. The van der Waals surface area contributed by atoms with Crippen molar-refractivity contribution >= 4 is 16.9 Å². The van der Waals surface area contributed by atoms with Crippen molar-refractivity contribution in [1.29, 1.82) is 0 Å². The molecule has 0 aliphatic carbocycles. The van der Waals surface area contributed by atoms with Gasteiger partial charge in [-0.2, -0.15) is 0 Å². The van der Waals surface area contributed by atoms with Crippen LogP contribution in [-0.4, -0.2) is 22.9 Å². The number of hydrogen-bond donors (Lipinski definition) is 0. The smallest absolute Gasteiger partial charge is 0.203 e. The van der Waals surface area contributed by atoms with Crippen LogP contribution >= 0.6 is 0 Å². The molecule has 2 aromatic rings. The molecular weight excluding hydrogens is 408 g/mol. The van der Waals surface area contributed by atoms with E-state index in [4.69, 9.17) is 8.92 Å². The molecule has 0 saturated heterocycles. The van der Waals surface area contributed by atoms with Gasteiger partial charge in [0, 0.05) is 17.1 Å². The highest BCUT2D eigenvalue weighted by atomic mass is 32.2. The first-order valence-electron chi connectivity index (χ1n) is 10.8. The van der Waals surface area contributed by atoms with Crippen LogP contribution in [0.4, 0.5) is 0 Å². The van der Waals surface area contributed by atoms with Gasteiger partial charge in [-0.15, -0.1) is 0 Å². The van der Waals surface area contributed by atoms with Crippen molar-refractivity contribution < 1.29 is 17.9 Å². The Kier molecular flexibility index (Phi) is 8.09. The standard InChI is InChI=1S/C26H36O4S/c1-9-26(10-2,21-12-14-23(19(4)16-21)30-31(8)28)20-11-13-22(18(3)15-20)29-17-24(27)25(5,6)7/h11-16H,9-10,17H2,1-8H3. The van der Waals surface area contributed by atoms with Crippen molar-refractivity contribution in [3.63, 3.8) is 0 Å². The van der Waals surface area contributed by atoms with Gasteiger partial charge in [-0.25, -0.2) is 4.21 Å². The number of aryl methyl sites for hydroxylation is 2. The predicted molar refractivity (Wildman–Crippen MR) is 128 cm³/mol. The van der Waals surface area contributed by atoms with Gasteiger partial charge in [0.2, 0.25) is 11.1 Å². The minimum atomic E-state index is -1.35. The van der Waals surface area contributed by atoms with E-state index >= 15 is 0 Å². The molecule has 0 bridgehead atoms. The van der Waals surface area contributed by atoms with Gasteiger partial charge in [0.15, 0.2) is 5.78 Å². The summed E-state index contributed by atoms with van der Waals surface area (Å²) in [6.45, 7) is 14.2. The largest absolute Gasteiger partial charge is 0.486 e. The van der Waals surface area contributed by atoms with E-state index in [1.165, 1.54) is 17.4 Å². The third-order valence-electron chi connectivity index (χ3n) is 6.06. The number of carbonyl (C=O) groups is 1. The molecule has 0 spiro atoms. The molecule has 2 aromatic carbocycles. The quantitative estimate of drug-likeness (QED) is 0.471. The van der Waals surface area contributed by atoms with Crippen LogP contribution in [0.3, 0.4) is 0 Å². The minimum absolute atomic E-state index is 0.0792. The Morgan fingerprint density at radius 2 is 1.39 bits per heavy atom. The second-order valence-electron chi connectivity index (χ2n) is 9.20. The van der Waals surface area contributed by atoms with E-state index in [1.807, 2.05) is 46.8 Å². The van der Waals surface area contributed by atoms with Gasteiger partial charge in [-0.05, 0) is 61.1 Å². The van der Waals surface area contributed by atoms with Crippen molar-refractivity contribution in [2.24, 2.45) is 5.41 Å². The van der Waals surface area contributed by atoms with Gasteiger partial charge in [0.25, 0.3) is 0 Å². The molecule has 2 rings (SSSR count). The van der Waals surface area contributed by atoms with Crippen molar-refractivity contribution in [2.45, 2.75) is 66.7 Å². The number of benzene rings is 2. The maximum absolute atomic E-state index is 12.2. The van der Waals surface area contributed by atoms with E-state index < -0.39 is 16.5 Å². The Bertz CT molecular complexity index is 952. The SMILES string of the molecule is CCC(CC)(c1ccc(OCC(=O)C(C)(C)C)c(C)c1)c1ccc(OS(C)=O)c(C)c1. The predicted octanol–water partition coefficient (Wildman–Crippen LogP) is 6.08. The summed E-state index contributed by atoms with van der Waals surface area (Å²) in [5, 5.41) is 0. The zero-order valence-corrected chi connectivity index (χ0v) is 20.9. The molecule has 4 nitrogen and oxygen atoms in total. The Balaban J connectivity index is 2.38. The van der Waals surface area contributed by atoms with Crippen molar-refractivity contribution in [1.82, 2.24) is 0 Å². The second-order valence-corrected chi connectivity index (χ2v) is 10.2. The van der Waals surface area contributed by atoms with E-state index in [1.54, 1.807) is 0 Å². The Morgan fingerprint density at radius 3 is 1.77 bits per heavy atom. The number of ether oxygens (including phenoxy) is 1. The highest BCUT2D eigenvalue weighted by Gasteiger charge is 2.32. The molecule has 0 saturated carbocycles. The van der Waals surface area contributed by atoms with E-state index in [0.717, 1.165) is 29.7 Å². The highest BCUT2D eigenvalue weighted by molar-refractivity contribution is 7.79. The average molecular weight is 445 g/mol. The first-order chi connectivity index (χ1) is 14.4. The summed E-state index contributed by atoms with van der Waals surface area (Å²) >= 11 is -1.35. The van der Waals surface area contributed by atoms with Gasteiger partial charge in [0.05, 0.1) is 0 Å². The topological polar surface area (TPSA) is 52.6 Å². The summed E-state index contributed by atoms with van der Waals surface area (Å²) in [5.74, 6) is 1.47. The normalized spacial score (nSPS) is 13.0. The van der Waals surface area contributed by atoms with Crippen LogP contribution in [0, 0.1) is 19.3 Å². The van der Waals surface area contributed by atoms with Gasteiger partial charge < -0.3 is 8.92 Å². The maximum Gasteiger partial charge on any atom is 0.203 e. The lowest BCUT2D eigenvalue weighted by Crippen LogP contribution is -2.27. The molecule has 0 aliphatic rings. The first-order valence-corrected chi connectivity index (χ1v) is 12.3. The van der Waals surface area contributed by atoms with E-state index in [0.29, 0.717) is 5.75 Å². The van der Waals surface area contributed by atoms with Crippen molar-refractivity contribution in [2.75, 3.05) is 12.9 Å². The highest BCUT2D eigenvalue weighted by Crippen LogP contribution is 2.41. The third-order valence-corrected chi connectivity index (χ3v) is 6.48. The summed E-state index contributed by atoms with van der Waals surface area (Å²) in [6.07, 6.45) is 3.40. The lowest BCUT2D eigenvalue weighted by atomic mass is 9.70. The number of rotatable bonds is 9. The molecule has 1 atom stereocenters. The summed E-state index contributed by atoms with van der Waals surface area (Å²) < 4.78 is 22.7. The fourth-order valence-corrected chi connectivity index (χ4v) is 4.31. The zero-order valence-electron chi connectivity index (χ0n) is 20.1. The van der Waals surface area contributed by atoms with E-state index in [9.17, 15) is 9.00 Å². The van der Waals surface area contributed by atoms with Crippen LogP contribution in [0.15, 0.2) is 36.4 Å². The van der Waals surface area contributed by atoms with Gasteiger partial charge in [0.1, 0.15) is 18.1 Å². The van der Waals surface area contributed by atoms with Crippen LogP contribution in [0.5, 0.6) is 11.5 Å². The molecule has 0 N–H and O–H groups in total. The Labute approximate surface area is 190 Å². The van der Waals surface area contributed by atoms with Crippen molar-refractivity contribution in [3.05, 3.63) is 58.7 Å². The van der Waals surface area contributed by atoms with Gasteiger partial charge >= 0.3 is 0 Å². The lowest BCUT2D eigenvalue weighted by molar-refractivity contribution is -0.128. The van der Waals surface area contributed by atoms with Crippen LogP contribution in [0.2, 0.25) is 0 Å². The fraction of sp³-hybridized carbons (Fsp3) is 0.500. The second kappa shape index (κ2) is 9.99. The van der Waals surface area contributed by atoms with Gasteiger partial charge in [-0.1, -0.05) is 58.9 Å². The third kappa shape index (κ3) is 5.76. The number of carbonyl (C=O) groups excluding carboxylic acids is 1. The monoisotopic (exact) mass is 444 g/mol. The summed E-state index contributed by atoms with van der Waals surface area (Å²) in [5.41, 5.74) is 3.85. The fourth-order valence-electron chi connectivity index (χ4n) is 3.87. The minimum Gasteiger partial charge on any atom is -0.486 e. The first kappa shape index (κ1) is 25.1. The van der Waals surface area contributed by atoms with Gasteiger partial charge in [-0.3, -0.25) is 4.79 Å². The van der Waals surface area contributed by atoms with E-state index in [2.05, 4.69) is 38.1 Å². The molecule has 0 aliphatic heterocycles. The van der Waals surface area contributed by atoms with Crippen molar-refractivity contribution in [3.8, 4) is 11.5 Å². The van der Waals surface area contributed by atoms with Crippen LogP contribution < -0.4 is 8.92 Å². The summed E-state index contributed by atoms with van der Waals surface area (Å²) in [4.78, 5) is 12.2. The Hall–Kier alpha value is -2.14. The summed E-state index contributed by atoms with van der Waals surface area (Å²) in [7, 11) is 0. The number of hydrogen-bond acceptors (Lipinski definition) is 4. The molecule has 170 valence electrons. The molecule has 0 amide bonds. The molecule has 1 unspecified atom stereocenters. The zero-order chi connectivity index (χ0) is 23.4. The van der Waals surface area contributed by atoms with Crippen LogP contribution in [-0.2, 0) is 21.3 Å². The molecule has 5 heteroatoms. The average Bonchev–Trinajstić information content (AvgIpc) is 2.69.